The normalized spacial score (nSPS) is 12.6. The quantitative estimate of drug-likeness (QED) is 0.159. The molecule has 0 N–H and O–H groups in total. The molecule has 0 spiro atoms. The summed E-state index contributed by atoms with van der Waals surface area (Å²) in [6.07, 6.45) is 0. The zero-order chi connectivity index (χ0) is 37.6. The SMILES string of the molecule is CC1(C)c2ccccc2-c2c(N(c3ccc(-c4ccc(-c5ccccc5)cc4)cc3)c3ccc(-c4ccc(-c5ccc6ccccc6c5)cc4)cc3)cccc21. The molecular formula is C55H41N. The van der Waals surface area contributed by atoms with Crippen LogP contribution in [0.2, 0.25) is 0 Å². The summed E-state index contributed by atoms with van der Waals surface area (Å²) in [6, 6.07) is 77.5. The molecule has 266 valence electrons. The lowest BCUT2D eigenvalue weighted by atomic mass is 9.82. The van der Waals surface area contributed by atoms with E-state index in [1.165, 1.54) is 83.2 Å². The summed E-state index contributed by atoms with van der Waals surface area (Å²) >= 11 is 0. The van der Waals surface area contributed by atoms with Gasteiger partial charge in [-0.2, -0.15) is 0 Å². The van der Waals surface area contributed by atoms with E-state index in [0.717, 1.165) is 11.4 Å². The second-order valence-electron chi connectivity index (χ2n) is 15.4. The van der Waals surface area contributed by atoms with Gasteiger partial charge in [-0.05, 0) is 108 Å². The number of hydrogen-bond acceptors (Lipinski definition) is 1. The van der Waals surface area contributed by atoms with Gasteiger partial charge in [-0.3, -0.25) is 0 Å². The van der Waals surface area contributed by atoms with Crippen LogP contribution in [0.5, 0.6) is 0 Å². The van der Waals surface area contributed by atoms with Crippen molar-refractivity contribution >= 4 is 27.8 Å². The van der Waals surface area contributed by atoms with Gasteiger partial charge in [0, 0.05) is 22.4 Å². The van der Waals surface area contributed by atoms with E-state index in [0.29, 0.717) is 0 Å². The Morgan fingerprint density at radius 3 is 1.34 bits per heavy atom. The summed E-state index contributed by atoms with van der Waals surface area (Å²) in [6.45, 7) is 4.70. The van der Waals surface area contributed by atoms with Gasteiger partial charge >= 0.3 is 0 Å². The number of hydrogen-bond donors (Lipinski definition) is 0. The molecule has 0 atom stereocenters. The molecule has 0 unspecified atom stereocenters. The molecule has 56 heavy (non-hydrogen) atoms. The van der Waals surface area contributed by atoms with Crippen LogP contribution in [0.25, 0.3) is 66.4 Å². The monoisotopic (exact) mass is 715 g/mol. The lowest BCUT2D eigenvalue weighted by Crippen LogP contribution is -2.16. The van der Waals surface area contributed by atoms with Crippen molar-refractivity contribution in [2.75, 3.05) is 4.90 Å². The minimum Gasteiger partial charge on any atom is -0.310 e. The Morgan fingerprint density at radius 2 is 0.750 bits per heavy atom. The summed E-state index contributed by atoms with van der Waals surface area (Å²) in [5.74, 6) is 0. The molecule has 0 radical (unpaired) electrons. The molecule has 0 saturated heterocycles. The molecule has 0 amide bonds. The van der Waals surface area contributed by atoms with Gasteiger partial charge in [-0.25, -0.2) is 0 Å². The Morgan fingerprint density at radius 1 is 0.321 bits per heavy atom. The summed E-state index contributed by atoms with van der Waals surface area (Å²) in [4.78, 5) is 2.44. The lowest BCUT2D eigenvalue weighted by Gasteiger charge is -2.29. The molecular weight excluding hydrogens is 675 g/mol. The van der Waals surface area contributed by atoms with Crippen molar-refractivity contribution < 1.29 is 0 Å². The Labute approximate surface area is 329 Å². The second kappa shape index (κ2) is 13.7. The molecule has 0 bridgehead atoms. The molecule has 0 fully saturated rings. The molecule has 10 rings (SSSR count). The van der Waals surface area contributed by atoms with Crippen LogP contribution in [0.3, 0.4) is 0 Å². The Bertz CT molecular complexity index is 2830. The van der Waals surface area contributed by atoms with Crippen molar-refractivity contribution in [3.8, 4) is 55.6 Å². The van der Waals surface area contributed by atoms with Gasteiger partial charge in [0.1, 0.15) is 0 Å². The van der Waals surface area contributed by atoms with Crippen LogP contribution in [0.15, 0.2) is 212 Å². The average Bonchev–Trinajstić information content (AvgIpc) is 3.51. The number of anilines is 3. The molecule has 0 saturated carbocycles. The third kappa shape index (κ3) is 5.90. The van der Waals surface area contributed by atoms with Crippen LogP contribution in [0.4, 0.5) is 17.1 Å². The second-order valence-corrected chi connectivity index (χ2v) is 15.4. The van der Waals surface area contributed by atoms with Crippen LogP contribution < -0.4 is 4.90 Å². The van der Waals surface area contributed by atoms with Crippen molar-refractivity contribution in [2.45, 2.75) is 19.3 Å². The van der Waals surface area contributed by atoms with Gasteiger partial charge in [0.15, 0.2) is 0 Å². The van der Waals surface area contributed by atoms with Crippen LogP contribution >= 0.6 is 0 Å². The van der Waals surface area contributed by atoms with E-state index >= 15 is 0 Å². The fourth-order valence-corrected chi connectivity index (χ4v) is 8.66. The van der Waals surface area contributed by atoms with E-state index in [1.807, 2.05) is 0 Å². The highest BCUT2D eigenvalue weighted by atomic mass is 15.1. The first kappa shape index (κ1) is 33.6. The molecule has 1 heteroatoms. The highest BCUT2D eigenvalue weighted by Gasteiger charge is 2.37. The van der Waals surface area contributed by atoms with Crippen LogP contribution in [0.1, 0.15) is 25.0 Å². The van der Waals surface area contributed by atoms with E-state index in [2.05, 4.69) is 231 Å². The van der Waals surface area contributed by atoms with Crippen LogP contribution in [0, 0.1) is 0 Å². The molecule has 0 aliphatic heterocycles. The zero-order valence-electron chi connectivity index (χ0n) is 31.7. The summed E-state index contributed by atoms with van der Waals surface area (Å²) in [5, 5.41) is 2.53. The smallest absolute Gasteiger partial charge is 0.0543 e. The number of rotatable bonds is 7. The molecule has 0 aromatic heterocycles. The van der Waals surface area contributed by atoms with Gasteiger partial charge in [-0.1, -0.05) is 190 Å². The largest absolute Gasteiger partial charge is 0.310 e. The van der Waals surface area contributed by atoms with E-state index in [1.54, 1.807) is 0 Å². The molecule has 1 nitrogen and oxygen atoms in total. The highest BCUT2D eigenvalue weighted by Crippen LogP contribution is 2.54. The third-order valence-corrected chi connectivity index (χ3v) is 11.7. The van der Waals surface area contributed by atoms with Crippen molar-refractivity contribution in [1.82, 2.24) is 0 Å². The maximum Gasteiger partial charge on any atom is 0.0543 e. The van der Waals surface area contributed by atoms with Gasteiger partial charge in [0.2, 0.25) is 0 Å². The van der Waals surface area contributed by atoms with Gasteiger partial charge in [0.25, 0.3) is 0 Å². The molecule has 0 heterocycles. The Hall–Kier alpha value is -6.96. The van der Waals surface area contributed by atoms with Gasteiger partial charge < -0.3 is 4.90 Å². The molecule has 9 aromatic rings. The predicted octanol–water partition coefficient (Wildman–Crippen LogP) is 15.3. The first-order chi connectivity index (χ1) is 27.5. The topological polar surface area (TPSA) is 3.24 Å². The van der Waals surface area contributed by atoms with Crippen molar-refractivity contribution in [3.63, 3.8) is 0 Å². The van der Waals surface area contributed by atoms with Crippen molar-refractivity contribution in [3.05, 3.63) is 223 Å². The minimum absolute atomic E-state index is 0.0910. The highest BCUT2D eigenvalue weighted by molar-refractivity contribution is 5.95. The predicted molar refractivity (Wildman–Crippen MR) is 238 cm³/mol. The maximum absolute atomic E-state index is 2.44. The number of fused-ring (bicyclic) bond motifs is 4. The van der Waals surface area contributed by atoms with E-state index < -0.39 is 0 Å². The third-order valence-electron chi connectivity index (χ3n) is 11.7. The molecule has 1 aliphatic rings. The van der Waals surface area contributed by atoms with E-state index in [-0.39, 0.29) is 5.41 Å². The van der Waals surface area contributed by atoms with Crippen LogP contribution in [-0.2, 0) is 5.41 Å². The first-order valence-corrected chi connectivity index (χ1v) is 19.5. The average molecular weight is 716 g/mol. The molecule has 9 aromatic carbocycles. The van der Waals surface area contributed by atoms with E-state index in [4.69, 9.17) is 0 Å². The lowest BCUT2D eigenvalue weighted by molar-refractivity contribution is 0.660. The molecule has 1 aliphatic carbocycles. The zero-order valence-corrected chi connectivity index (χ0v) is 31.7. The Balaban J connectivity index is 1.02. The van der Waals surface area contributed by atoms with Crippen molar-refractivity contribution in [1.29, 1.82) is 0 Å². The standard InChI is InChI=1S/C55H41N/c1-55(2)51-16-9-8-15-50(51)54-52(55)17-10-18-53(54)56(48-33-29-43(30-34-48)41-21-19-40(20-22-41)38-11-4-3-5-12-38)49-35-31-44(32-36-49)42-23-25-45(26-24-42)47-28-27-39-13-6-7-14-46(39)37-47/h3-37H,1-2H3. The fraction of sp³-hybridized carbons (Fsp3) is 0.0545. The fourth-order valence-electron chi connectivity index (χ4n) is 8.66. The maximum atomic E-state index is 2.44. The number of benzene rings is 9. The van der Waals surface area contributed by atoms with Gasteiger partial charge in [0.05, 0.1) is 5.69 Å². The Kier molecular flexibility index (Phi) is 8.23. The van der Waals surface area contributed by atoms with Crippen molar-refractivity contribution in [2.24, 2.45) is 0 Å². The summed E-state index contributed by atoms with van der Waals surface area (Å²) in [7, 11) is 0. The van der Waals surface area contributed by atoms with Crippen LogP contribution in [-0.4, -0.2) is 0 Å². The number of nitrogens with zero attached hydrogens (tertiary/aromatic N) is 1. The summed E-state index contributed by atoms with van der Waals surface area (Å²) < 4.78 is 0. The first-order valence-electron chi connectivity index (χ1n) is 19.5. The summed E-state index contributed by atoms with van der Waals surface area (Å²) in [5.41, 5.74) is 18.4. The minimum atomic E-state index is -0.0910. The van der Waals surface area contributed by atoms with Gasteiger partial charge in [-0.15, -0.1) is 0 Å². The van der Waals surface area contributed by atoms with E-state index in [9.17, 15) is 0 Å².